The zero-order valence-electron chi connectivity index (χ0n) is 12.1. The number of ether oxygens (including phenoxy) is 2. The number of benzene rings is 1. The van der Waals surface area contributed by atoms with Crippen molar-refractivity contribution in [2.24, 2.45) is 0 Å². The van der Waals surface area contributed by atoms with Gasteiger partial charge < -0.3 is 14.0 Å². The maximum Gasteiger partial charge on any atom is 0.426 e. The quantitative estimate of drug-likeness (QED) is 0.821. The summed E-state index contributed by atoms with van der Waals surface area (Å²) in [5.74, 6) is 0.207. The molecule has 0 fully saturated rings. The second-order valence-corrected chi connectivity index (χ2v) is 4.36. The van der Waals surface area contributed by atoms with Gasteiger partial charge in [-0.2, -0.15) is 0 Å². The van der Waals surface area contributed by atoms with Crippen molar-refractivity contribution in [3.8, 4) is 5.75 Å². The molecule has 0 saturated carbocycles. The first-order valence-electron chi connectivity index (χ1n) is 6.67. The number of rotatable bonds is 5. The van der Waals surface area contributed by atoms with Gasteiger partial charge in [0, 0.05) is 18.0 Å². The summed E-state index contributed by atoms with van der Waals surface area (Å²) in [4.78, 5) is 23.2. The Hall–Kier alpha value is -2.96. The first-order chi connectivity index (χ1) is 10.7. The Morgan fingerprint density at radius 2 is 1.77 bits per heavy atom. The Balaban J connectivity index is 1.69. The molecule has 2 N–H and O–H groups in total. The molecule has 0 aliphatic carbocycles. The average Bonchev–Trinajstić information content (AvgIpc) is 3.06. The first kappa shape index (κ1) is 15.4. The van der Waals surface area contributed by atoms with Gasteiger partial charge in [-0.3, -0.25) is 10.2 Å². The summed E-state index contributed by atoms with van der Waals surface area (Å²) >= 11 is 0. The van der Waals surface area contributed by atoms with Crippen LogP contribution in [0.25, 0.3) is 0 Å². The van der Waals surface area contributed by atoms with E-state index >= 15 is 0 Å². The lowest BCUT2D eigenvalue weighted by atomic mass is 10.2. The van der Waals surface area contributed by atoms with Crippen LogP contribution in [0.15, 0.2) is 48.8 Å². The Bertz CT molecular complexity index is 608. The fraction of sp³-hybridized carbons (Fsp3) is 0.200. The lowest BCUT2D eigenvalue weighted by Gasteiger charge is -2.09. The summed E-state index contributed by atoms with van der Waals surface area (Å²) in [6.07, 6.45) is 3.02. The molecule has 0 saturated heterocycles. The second kappa shape index (κ2) is 7.72. The number of methoxy groups -OCH3 is 1. The fourth-order valence-corrected chi connectivity index (χ4v) is 1.72. The van der Waals surface area contributed by atoms with Crippen molar-refractivity contribution in [2.75, 3.05) is 13.7 Å². The van der Waals surface area contributed by atoms with Crippen molar-refractivity contribution in [2.45, 2.75) is 6.54 Å². The van der Waals surface area contributed by atoms with E-state index in [4.69, 9.17) is 9.47 Å². The Labute approximate surface area is 127 Å². The van der Waals surface area contributed by atoms with Crippen LogP contribution >= 0.6 is 0 Å². The molecule has 1 aromatic carbocycles. The lowest BCUT2D eigenvalue weighted by Crippen LogP contribution is -2.42. The molecular formula is C15H17N3O4. The van der Waals surface area contributed by atoms with E-state index in [-0.39, 0.29) is 6.61 Å². The molecule has 2 rings (SSSR count). The van der Waals surface area contributed by atoms with Gasteiger partial charge in [0.2, 0.25) is 0 Å². The van der Waals surface area contributed by atoms with Crippen LogP contribution in [0.3, 0.4) is 0 Å². The zero-order chi connectivity index (χ0) is 15.8. The standard InChI is InChI=1S/C15H17N3O4/c1-21-13-6-4-12(5-7-13)14(19)16-17-15(20)22-11-10-18-8-2-3-9-18/h2-9H,10-11H2,1H3,(H,16,19)(H,17,20). The third-order valence-corrected chi connectivity index (χ3v) is 2.88. The van der Waals surface area contributed by atoms with E-state index in [1.54, 1.807) is 31.4 Å². The molecule has 0 aliphatic rings. The monoisotopic (exact) mass is 303 g/mol. The highest BCUT2D eigenvalue weighted by molar-refractivity contribution is 5.95. The minimum Gasteiger partial charge on any atom is -0.497 e. The number of nitrogens with zero attached hydrogens (tertiary/aromatic N) is 1. The molecule has 2 aromatic rings. The van der Waals surface area contributed by atoms with Crippen molar-refractivity contribution in [1.82, 2.24) is 15.4 Å². The lowest BCUT2D eigenvalue weighted by molar-refractivity contribution is 0.0907. The molecule has 0 spiro atoms. The molecule has 1 aromatic heterocycles. The Morgan fingerprint density at radius 1 is 1.09 bits per heavy atom. The van der Waals surface area contributed by atoms with Gasteiger partial charge in [0.25, 0.3) is 5.91 Å². The smallest absolute Gasteiger partial charge is 0.426 e. The number of carbonyl (C=O) groups excluding carboxylic acids is 2. The van der Waals surface area contributed by atoms with Crippen molar-refractivity contribution < 1.29 is 19.1 Å². The van der Waals surface area contributed by atoms with Crippen molar-refractivity contribution in [3.05, 3.63) is 54.4 Å². The predicted octanol–water partition coefficient (Wildman–Crippen LogP) is 1.57. The minimum atomic E-state index is -0.714. The highest BCUT2D eigenvalue weighted by Gasteiger charge is 2.07. The topological polar surface area (TPSA) is 81.6 Å². The SMILES string of the molecule is COc1ccc(C(=O)NNC(=O)OCCn2cccc2)cc1. The van der Waals surface area contributed by atoms with Gasteiger partial charge in [0.1, 0.15) is 12.4 Å². The maximum atomic E-state index is 11.8. The van der Waals surface area contributed by atoms with E-state index in [9.17, 15) is 9.59 Å². The summed E-state index contributed by atoms with van der Waals surface area (Å²) in [7, 11) is 1.54. The summed E-state index contributed by atoms with van der Waals surface area (Å²) in [5.41, 5.74) is 4.85. The molecule has 0 radical (unpaired) electrons. The molecule has 7 heteroatoms. The largest absolute Gasteiger partial charge is 0.497 e. The third-order valence-electron chi connectivity index (χ3n) is 2.88. The Morgan fingerprint density at radius 3 is 2.41 bits per heavy atom. The summed E-state index contributed by atoms with van der Waals surface area (Å²) in [6.45, 7) is 0.756. The van der Waals surface area contributed by atoms with E-state index in [2.05, 4.69) is 10.9 Å². The van der Waals surface area contributed by atoms with E-state index in [1.165, 1.54) is 0 Å². The number of aromatic nitrogens is 1. The third kappa shape index (κ3) is 4.55. The normalized spacial score (nSPS) is 9.86. The summed E-state index contributed by atoms with van der Waals surface area (Å²) in [6, 6.07) is 10.3. The van der Waals surface area contributed by atoms with Gasteiger partial charge in [-0.1, -0.05) is 0 Å². The van der Waals surface area contributed by atoms with Crippen molar-refractivity contribution in [1.29, 1.82) is 0 Å². The molecular weight excluding hydrogens is 286 g/mol. The molecule has 116 valence electrons. The first-order valence-corrected chi connectivity index (χ1v) is 6.67. The number of hydrogen-bond donors (Lipinski definition) is 2. The van der Waals surface area contributed by atoms with Crippen LogP contribution in [0.1, 0.15) is 10.4 Å². The molecule has 0 unspecified atom stereocenters. The highest BCUT2D eigenvalue weighted by Crippen LogP contribution is 2.10. The number of carbonyl (C=O) groups is 2. The summed E-state index contributed by atoms with van der Waals surface area (Å²) < 4.78 is 11.8. The number of nitrogens with one attached hydrogen (secondary N) is 2. The van der Waals surface area contributed by atoms with Gasteiger partial charge in [-0.25, -0.2) is 10.2 Å². The number of hydrogen-bond acceptors (Lipinski definition) is 4. The van der Waals surface area contributed by atoms with Crippen LogP contribution in [-0.4, -0.2) is 30.3 Å². The average molecular weight is 303 g/mol. The molecule has 22 heavy (non-hydrogen) atoms. The van der Waals surface area contributed by atoms with Crippen LogP contribution in [0.5, 0.6) is 5.75 Å². The predicted molar refractivity (Wildman–Crippen MR) is 79.4 cm³/mol. The van der Waals surface area contributed by atoms with E-state index < -0.39 is 12.0 Å². The van der Waals surface area contributed by atoms with E-state index in [0.29, 0.717) is 17.9 Å². The minimum absolute atomic E-state index is 0.207. The molecule has 2 amide bonds. The second-order valence-electron chi connectivity index (χ2n) is 4.36. The van der Waals surface area contributed by atoms with Crippen LogP contribution < -0.4 is 15.6 Å². The van der Waals surface area contributed by atoms with Gasteiger partial charge in [-0.05, 0) is 36.4 Å². The molecule has 0 aliphatic heterocycles. The van der Waals surface area contributed by atoms with Gasteiger partial charge in [0.05, 0.1) is 13.7 Å². The van der Waals surface area contributed by atoms with Gasteiger partial charge >= 0.3 is 6.09 Å². The Kier molecular flexibility index (Phi) is 5.42. The number of amides is 2. The molecule has 0 bridgehead atoms. The number of hydrazine groups is 1. The fourth-order valence-electron chi connectivity index (χ4n) is 1.72. The van der Waals surface area contributed by atoms with Crippen LogP contribution in [0.2, 0.25) is 0 Å². The van der Waals surface area contributed by atoms with Crippen LogP contribution in [-0.2, 0) is 11.3 Å². The molecule has 0 atom stereocenters. The van der Waals surface area contributed by atoms with Crippen molar-refractivity contribution >= 4 is 12.0 Å². The summed E-state index contributed by atoms with van der Waals surface area (Å²) in [5, 5.41) is 0. The van der Waals surface area contributed by atoms with Gasteiger partial charge in [-0.15, -0.1) is 0 Å². The molecule has 1 heterocycles. The maximum absolute atomic E-state index is 11.8. The van der Waals surface area contributed by atoms with Crippen molar-refractivity contribution in [3.63, 3.8) is 0 Å². The van der Waals surface area contributed by atoms with E-state index in [1.807, 2.05) is 29.1 Å². The van der Waals surface area contributed by atoms with Gasteiger partial charge in [0.15, 0.2) is 0 Å². The van der Waals surface area contributed by atoms with E-state index in [0.717, 1.165) is 0 Å². The zero-order valence-corrected chi connectivity index (χ0v) is 12.1. The molecule has 7 nitrogen and oxygen atoms in total. The highest BCUT2D eigenvalue weighted by atomic mass is 16.6. The van der Waals surface area contributed by atoms with Crippen LogP contribution in [0.4, 0.5) is 4.79 Å². The van der Waals surface area contributed by atoms with Crippen LogP contribution in [0, 0.1) is 0 Å².